The lowest BCUT2D eigenvalue weighted by Crippen LogP contribution is -2.37. The Morgan fingerprint density at radius 1 is 1.38 bits per heavy atom. The third kappa shape index (κ3) is 2.43. The lowest BCUT2D eigenvalue weighted by atomic mass is 9.81. The lowest BCUT2D eigenvalue weighted by molar-refractivity contribution is 0.240. The summed E-state index contributed by atoms with van der Waals surface area (Å²) in [7, 11) is 0. The van der Waals surface area contributed by atoms with Crippen LogP contribution in [-0.2, 0) is 11.8 Å². The maximum absolute atomic E-state index is 5.42. The van der Waals surface area contributed by atoms with Crippen LogP contribution in [0.3, 0.4) is 0 Å². The lowest BCUT2D eigenvalue weighted by Gasteiger charge is -2.30. The highest BCUT2D eigenvalue weighted by molar-refractivity contribution is 5.05. The van der Waals surface area contributed by atoms with Crippen molar-refractivity contribution in [3.63, 3.8) is 0 Å². The Hall–Kier alpha value is -0.900. The summed E-state index contributed by atoms with van der Waals surface area (Å²) in [6, 6.07) is 0. The van der Waals surface area contributed by atoms with Crippen LogP contribution in [0.15, 0.2) is 4.52 Å². The maximum atomic E-state index is 5.42. The van der Waals surface area contributed by atoms with Crippen molar-refractivity contribution < 1.29 is 4.52 Å². The smallest absolute Gasteiger partial charge is 0.232 e. The number of aromatic nitrogens is 2. The second-order valence-corrected chi connectivity index (χ2v) is 5.42. The van der Waals surface area contributed by atoms with E-state index in [-0.39, 0.29) is 5.41 Å². The monoisotopic (exact) mass is 223 g/mol. The Balaban J connectivity index is 2.10. The zero-order valence-corrected chi connectivity index (χ0v) is 10.4. The average Bonchev–Trinajstić information content (AvgIpc) is 2.67. The molecule has 1 aliphatic rings. The van der Waals surface area contributed by atoms with Gasteiger partial charge in [-0.05, 0) is 31.8 Å². The Bertz CT molecular complexity index is 340. The minimum atomic E-state index is 0.0769. The van der Waals surface area contributed by atoms with Gasteiger partial charge >= 0.3 is 0 Å². The molecule has 0 saturated carbocycles. The molecule has 2 heterocycles. The zero-order chi connectivity index (χ0) is 11.6. The van der Waals surface area contributed by atoms with Crippen LogP contribution in [0.5, 0.6) is 0 Å². The number of hydrogen-bond acceptors (Lipinski definition) is 4. The van der Waals surface area contributed by atoms with Gasteiger partial charge in [-0.25, -0.2) is 0 Å². The fourth-order valence-electron chi connectivity index (χ4n) is 2.14. The molecule has 4 nitrogen and oxygen atoms in total. The molecule has 16 heavy (non-hydrogen) atoms. The third-order valence-electron chi connectivity index (χ3n) is 3.28. The van der Waals surface area contributed by atoms with E-state index >= 15 is 0 Å². The summed E-state index contributed by atoms with van der Waals surface area (Å²) in [6.45, 7) is 8.64. The number of nitrogens with one attached hydrogen (secondary N) is 1. The first-order chi connectivity index (χ1) is 7.60. The minimum Gasteiger partial charge on any atom is -0.339 e. The molecular formula is C12H21N3O. The van der Waals surface area contributed by atoms with E-state index < -0.39 is 0 Å². The summed E-state index contributed by atoms with van der Waals surface area (Å²) in [6.07, 6.45) is 3.06. The van der Waals surface area contributed by atoms with Crippen LogP contribution in [0.25, 0.3) is 0 Å². The zero-order valence-electron chi connectivity index (χ0n) is 10.4. The Kier molecular flexibility index (Phi) is 3.28. The third-order valence-corrected chi connectivity index (χ3v) is 3.28. The summed E-state index contributed by atoms with van der Waals surface area (Å²) in [4.78, 5) is 4.54. The van der Waals surface area contributed by atoms with Crippen molar-refractivity contribution in [3.05, 3.63) is 11.7 Å². The molecule has 2 rings (SSSR count). The van der Waals surface area contributed by atoms with Crippen molar-refractivity contribution in [3.8, 4) is 0 Å². The molecule has 1 fully saturated rings. The van der Waals surface area contributed by atoms with Crippen LogP contribution >= 0.6 is 0 Å². The number of rotatable bonds is 3. The molecule has 1 N–H and O–H groups in total. The standard InChI is InChI=1S/C12H21N3O/c1-9(2)8-10-14-11(16-15-10)12(3)4-6-13-7-5-12/h9,13H,4-8H2,1-3H3. The van der Waals surface area contributed by atoms with Crippen molar-refractivity contribution in [2.24, 2.45) is 5.92 Å². The van der Waals surface area contributed by atoms with Crippen LogP contribution in [0.2, 0.25) is 0 Å². The van der Waals surface area contributed by atoms with Crippen LogP contribution in [0, 0.1) is 5.92 Å². The molecule has 0 aliphatic carbocycles. The van der Waals surface area contributed by atoms with Crippen LogP contribution in [0.4, 0.5) is 0 Å². The summed E-state index contributed by atoms with van der Waals surface area (Å²) in [5.74, 6) is 2.25. The van der Waals surface area contributed by atoms with Gasteiger partial charge in [0.15, 0.2) is 5.82 Å². The molecular weight excluding hydrogens is 202 g/mol. The quantitative estimate of drug-likeness (QED) is 0.850. The fraction of sp³-hybridized carbons (Fsp3) is 0.833. The maximum Gasteiger partial charge on any atom is 0.232 e. The number of piperidine rings is 1. The minimum absolute atomic E-state index is 0.0769. The summed E-state index contributed by atoms with van der Waals surface area (Å²) in [5.41, 5.74) is 0.0769. The molecule has 0 amide bonds. The van der Waals surface area contributed by atoms with E-state index in [1.807, 2.05) is 0 Å². The van der Waals surface area contributed by atoms with E-state index in [9.17, 15) is 0 Å². The average molecular weight is 223 g/mol. The van der Waals surface area contributed by atoms with Crippen LogP contribution < -0.4 is 5.32 Å². The van der Waals surface area contributed by atoms with Gasteiger partial charge in [-0.3, -0.25) is 0 Å². The molecule has 1 saturated heterocycles. The molecule has 1 aromatic heterocycles. The molecule has 90 valence electrons. The Morgan fingerprint density at radius 2 is 2.06 bits per heavy atom. The first-order valence-electron chi connectivity index (χ1n) is 6.14. The highest BCUT2D eigenvalue weighted by Gasteiger charge is 2.34. The largest absolute Gasteiger partial charge is 0.339 e. The SMILES string of the molecule is CC(C)Cc1noc(C2(C)CCNCC2)n1. The second kappa shape index (κ2) is 4.53. The molecule has 4 heteroatoms. The van der Waals surface area contributed by atoms with Gasteiger partial charge < -0.3 is 9.84 Å². The predicted molar refractivity (Wildman–Crippen MR) is 62.3 cm³/mol. The topological polar surface area (TPSA) is 51.0 Å². The van der Waals surface area contributed by atoms with E-state index in [2.05, 4.69) is 36.2 Å². The van der Waals surface area contributed by atoms with Gasteiger partial charge in [0.1, 0.15) is 0 Å². The molecule has 1 aromatic rings. The van der Waals surface area contributed by atoms with Crippen molar-refractivity contribution in [2.45, 2.75) is 45.4 Å². The van der Waals surface area contributed by atoms with Gasteiger partial charge in [-0.15, -0.1) is 0 Å². The summed E-state index contributed by atoms with van der Waals surface area (Å²) >= 11 is 0. The number of hydrogen-bond donors (Lipinski definition) is 1. The van der Waals surface area contributed by atoms with Gasteiger partial charge in [-0.1, -0.05) is 25.9 Å². The van der Waals surface area contributed by atoms with Gasteiger partial charge in [0, 0.05) is 11.8 Å². The molecule has 0 spiro atoms. The predicted octanol–water partition coefficient (Wildman–Crippen LogP) is 1.91. The molecule has 0 aromatic carbocycles. The van der Waals surface area contributed by atoms with Gasteiger partial charge in [0.2, 0.25) is 5.89 Å². The van der Waals surface area contributed by atoms with Crippen molar-refractivity contribution in [1.29, 1.82) is 0 Å². The van der Waals surface area contributed by atoms with E-state index in [0.29, 0.717) is 5.92 Å². The molecule has 0 bridgehead atoms. The van der Waals surface area contributed by atoms with Crippen molar-refractivity contribution in [2.75, 3.05) is 13.1 Å². The van der Waals surface area contributed by atoms with Crippen LogP contribution in [0.1, 0.15) is 45.3 Å². The van der Waals surface area contributed by atoms with E-state index in [4.69, 9.17) is 4.52 Å². The Labute approximate surface area is 96.8 Å². The first kappa shape index (κ1) is 11.6. The fourth-order valence-corrected chi connectivity index (χ4v) is 2.14. The van der Waals surface area contributed by atoms with Crippen molar-refractivity contribution in [1.82, 2.24) is 15.5 Å². The van der Waals surface area contributed by atoms with Crippen molar-refractivity contribution >= 4 is 0 Å². The highest BCUT2D eigenvalue weighted by Crippen LogP contribution is 2.31. The van der Waals surface area contributed by atoms with Gasteiger partial charge in [0.25, 0.3) is 0 Å². The summed E-state index contributed by atoms with van der Waals surface area (Å²) in [5, 5.41) is 7.43. The molecule has 1 aliphatic heterocycles. The van der Waals surface area contributed by atoms with E-state index in [1.54, 1.807) is 0 Å². The molecule has 0 unspecified atom stereocenters. The first-order valence-corrected chi connectivity index (χ1v) is 6.14. The molecule has 0 atom stereocenters. The molecule has 0 radical (unpaired) electrons. The summed E-state index contributed by atoms with van der Waals surface area (Å²) < 4.78 is 5.42. The Morgan fingerprint density at radius 3 is 2.69 bits per heavy atom. The normalized spacial score (nSPS) is 20.2. The van der Waals surface area contributed by atoms with Crippen LogP contribution in [-0.4, -0.2) is 23.2 Å². The highest BCUT2D eigenvalue weighted by atomic mass is 16.5. The number of nitrogens with zero attached hydrogens (tertiary/aromatic N) is 2. The van der Waals surface area contributed by atoms with E-state index in [0.717, 1.165) is 44.1 Å². The van der Waals surface area contributed by atoms with Gasteiger partial charge in [0.05, 0.1) is 0 Å². The van der Waals surface area contributed by atoms with E-state index in [1.165, 1.54) is 0 Å². The second-order valence-electron chi connectivity index (χ2n) is 5.42. The van der Waals surface area contributed by atoms with Gasteiger partial charge in [-0.2, -0.15) is 4.98 Å².